The first-order valence-corrected chi connectivity index (χ1v) is 6.50. The highest BCUT2D eigenvalue weighted by Gasteiger charge is 2.34. The maximum atomic E-state index is 5.04. The third kappa shape index (κ3) is 1.51. The van der Waals surface area contributed by atoms with Crippen LogP contribution in [0.25, 0.3) is 0 Å². The van der Waals surface area contributed by atoms with Gasteiger partial charge in [-0.05, 0) is 50.4 Å². The molecule has 0 N–H and O–H groups in total. The molecule has 1 aliphatic heterocycles. The second-order valence-corrected chi connectivity index (χ2v) is 5.41. The minimum Gasteiger partial charge on any atom is -0.290 e. The number of rotatable bonds is 0. The molecule has 1 nitrogen and oxygen atoms in total. The Labute approximate surface area is 87.0 Å². The Morgan fingerprint density at radius 2 is 1.79 bits per heavy atom. The van der Waals surface area contributed by atoms with Gasteiger partial charge in [-0.3, -0.25) is 4.99 Å². The minimum absolute atomic E-state index is 0.744. The van der Waals surface area contributed by atoms with E-state index in [1.807, 2.05) is 0 Å². The third-order valence-electron chi connectivity index (χ3n) is 4.49. The first kappa shape index (κ1) is 8.94. The molecule has 0 amide bonds. The monoisotopic (exact) mass is 191 g/mol. The molecule has 78 valence electrons. The van der Waals surface area contributed by atoms with E-state index in [4.69, 9.17) is 4.99 Å². The van der Waals surface area contributed by atoms with Crippen LogP contribution in [-0.2, 0) is 0 Å². The highest BCUT2D eigenvalue weighted by atomic mass is 14.8. The highest BCUT2D eigenvalue weighted by molar-refractivity contribution is 5.88. The van der Waals surface area contributed by atoms with Gasteiger partial charge in [-0.1, -0.05) is 19.3 Å². The summed E-state index contributed by atoms with van der Waals surface area (Å²) in [5.41, 5.74) is 1.61. The summed E-state index contributed by atoms with van der Waals surface area (Å²) in [6, 6.07) is 0.744. The Bertz CT molecular complexity index is 244. The average Bonchev–Trinajstić information content (AvgIpc) is 2.26. The molecule has 2 aliphatic carbocycles. The summed E-state index contributed by atoms with van der Waals surface area (Å²) < 4.78 is 0. The summed E-state index contributed by atoms with van der Waals surface area (Å²) >= 11 is 0. The Hall–Kier alpha value is -0.330. The molecule has 3 unspecified atom stereocenters. The molecule has 1 heteroatoms. The van der Waals surface area contributed by atoms with E-state index in [0.29, 0.717) is 0 Å². The molecule has 3 rings (SSSR count). The summed E-state index contributed by atoms with van der Waals surface area (Å²) in [6.45, 7) is 0. The van der Waals surface area contributed by atoms with Crippen LogP contribution < -0.4 is 0 Å². The molecular weight excluding hydrogens is 170 g/mol. The van der Waals surface area contributed by atoms with Crippen LogP contribution in [0.3, 0.4) is 0 Å². The summed E-state index contributed by atoms with van der Waals surface area (Å²) in [5.74, 6) is 1.87. The lowest BCUT2D eigenvalue weighted by molar-refractivity contribution is 0.245. The largest absolute Gasteiger partial charge is 0.290 e. The topological polar surface area (TPSA) is 12.4 Å². The number of aliphatic imine (C=N–C) groups is 1. The van der Waals surface area contributed by atoms with Crippen molar-refractivity contribution in [1.29, 1.82) is 0 Å². The lowest BCUT2D eigenvalue weighted by atomic mass is 9.72. The summed E-state index contributed by atoms with van der Waals surface area (Å²) in [6.07, 6.45) is 12.9. The molecule has 0 radical (unpaired) electrons. The normalized spacial score (nSPS) is 42.3. The fraction of sp³-hybridized carbons (Fsp3) is 0.923. The number of fused-ring (bicyclic) bond motifs is 2. The summed E-state index contributed by atoms with van der Waals surface area (Å²) in [5, 5.41) is 0. The van der Waals surface area contributed by atoms with Gasteiger partial charge in [-0.2, -0.15) is 0 Å². The van der Waals surface area contributed by atoms with Crippen molar-refractivity contribution in [3.05, 3.63) is 0 Å². The SMILES string of the molecule is C1CCC2CC3CCCCC3N=C2C1. The van der Waals surface area contributed by atoms with Gasteiger partial charge in [0.2, 0.25) is 0 Å². The Kier molecular flexibility index (Phi) is 2.35. The van der Waals surface area contributed by atoms with Crippen molar-refractivity contribution in [3.63, 3.8) is 0 Å². The van der Waals surface area contributed by atoms with Crippen LogP contribution in [-0.4, -0.2) is 11.8 Å². The van der Waals surface area contributed by atoms with Gasteiger partial charge in [-0.15, -0.1) is 0 Å². The van der Waals surface area contributed by atoms with Crippen molar-refractivity contribution in [2.45, 2.75) is 63.8 Å². The lowest BCUT2D eigenvalue weighted by Crippen LogP contribution is -2.35. The van der Waals surface area contributed by atoms with Crippen LogP contribution in [0.4, 0.5) is 0 Å². The van der Waals surface area contributed by atoms with E-state index in [9.17, 15) is 0 Å². The molecule has 3 atom stereocenters. The molecule has 0 aromatic heterocycles. The predicted molar refractivity (Wildman–Crippen MR) is 59.8 cm³/mol. The highest BCUT2D eigenvalue weighted by Crippen LogP contribution is 2.39. The average molecular weight is 191 g/mol. The molecule has 0 saturated heterocycles. The van der Waals surface area contributed by atoms with Gasteiger partial charge in [-0.25, -0.2) is 0 Å². The molecule has 0 aromatic carbocycles. The second-order valence-electron chi connectivity index (χ2n) is 5.41. The maximum absolute atomic E-state index is 5.04. The van der Waals surface area contributed by atoms with E-state index in [1.54, 1.807) is 5.71 Å². The third-order valence-corrected chi connectivity index (χ3v) is 4.49. The Morgan fingerprint density at radius 1 is 0.929 bits per heavy atom. The van der Waals surface area contributed by atoms with Gasteiger partial charge in [0.15, 0.2) is 0 Å². The first-order chi connectivity index (χ1) is 6.93. The summed E-state index contributed by atoms with van der Waals surface area (Å²) in [4.78, 5) is 5.04. The zero-order valence-corrected chi connectivity index (χ0v) is 9.04. The molecule has 0 spiro atoms. The van der Waals surface area contributed by atoms with E-state index in [0.717, 1.165) is 17.9 Å². The fourth-order valence-electron chi connectivity index (χ4n) is 3.70. The number of hydrogen-bond acceptors (Lipinski definition) is 1. The van der Waals surface area contributed by atoms with Crippen LogP contribution in [0.1, 0.15) is 57.8 Å². The zero-order valence-electron chi connectivity index (χ0n) is 9.04. The van der Waals surface area contributed by atoms with Crippen LogP contribution in [0, 0.1) is 11.8 Å². The van der Waals surface area contributed by atoms with Gasteiger partial charge in [0.05, 0.1) is 6.04 Å². The quantitative estimate of drug-likeness (QED) is 0.555. The molecule has 2 saturated carbocycles. The predicted octanol–water partition coefficient (Wildman–Crippen LogP) is 3.58. The maximum Gasteiger partial charge on any atom is 0.0527 e. The number of hydrogen-bond donors (Lipinski definition) is 0. The smallest absolute Gasteiger partial charge is 0.0527 e. The molecule has 0 aromatic rings. The standard InChI is InChI=1S/C13H21N/c1-3-7-12-10(5-1)9-11-6-2-4-8-13(11)14-12/h10-12H,1-9H2. The minimum atomic E-state index is 0.744. The van der Waals surface area contributed by atoms with E-state index in [2.05, 4.69) is 0 Å². The van der Waals surface area contributed by atoms with Crippen molar-refractivity contribution in [2.24, 2.45) is 16.8 Å². The lowest BCUT2D eigenvalue weighted by Gasteiger charge is -2.39. The van der Waals surface area contributed by atoms with Gasteiger partial charge < -0.3 is 0 Å². The zero-order chi connectivity index (χ0) is 9.38. The van der Waals surface area contributed by atoms with Gasteiger partial charge in [0.1, 0.15) is 0 Å². The van der Waals surface area contributed by atoms with E-state index in [-0.39, 0.29) is 0 Å². The van der Waals surface area contributed by atoms with Crippen LogP contribution in [0.5, 0.6) is 0 Å². The Balaban J connectivity index is 1.80. The Morgan fingerprint density at radius 3 is 2.79 bits per heavy atom. The van der Waals surface area contributed by atoms with E-state index in [1.165, 1.54) is 57.8 Å². The number of nitrogens with zero attached hydrogens (tertiary/aromatic N) is 1. The van der Waals surface area contributed by atoms with Crippen molar-refractivity contribution in [3.8, 4) is 0 Å². The summed E-state index contributed by atoms with van der Waals surface area (Å²) in [7, 11) is 0. The van der Waals surface area contributed by atoms with E-state index < -0.39 is 0 Å². The molecule has 3 aliphatic rings. The fourth-order valence-corrected chi connectivity index (χ4v) is 3.70. The van der Waals surface area contributed by atoms with E-state index >= 15 is 0 Å². The van der Waals surface area contributed by atoms with Gasteiger partial charge in [0.25, 0.3) is 0 Å². The van der Waals surface area contributed by atoms with Crippen LogP contribution >= 0.6 is 0 Å². The molecule has 14 heavy (non-hydrogen) atoms. The van der Waals surface area contributed by atoms with Gasteiger partial charge >= 0.3 is 0 Å². The second kappa shape index (κ2) is 3.67. The molecule has 0 bridgehead atoms. The first-order valence-electron chi connectivity index (χ1n) is 6.50. The van der Waals surface area contributed by atoms with Crippen LogP contribution in [0.15, 0.2) is 4.99 Å². The van der Waals surface area contributed by atoms with Crippen molar-refractivity contribution in [1.82, 2.24) is 0 Å². The van der Waals surface area contributed by atoms with Crippen molar-refractivity contribution in [2.75, 3.05) is 0 Å². The van der Waals surface area contributed by atoms with Gasteiger partial charge in [0, 0.05) is 5.71 Å². The van der Waals surface area contributed by atoms with Crippen molar-refractivity contribution >= 4 is 5.71 Å². The molecule has 2 fully saturated rings. The molecular formula is C13H21N. The molecule has 1 heterocycles. The van der Waals surface area contributed by atoms with Crippen LogP contribution in [0.2, 0.25) is 0 Å². The van der Waals surface area contributed by atoms with Crippen molar-refractivity contribution < 1.29 is 0 Å².